The second-order valence-electron chi connectivity index (χ2n) is 7.18. The maximum atomic E-state index is 12.6. The van der Waals surface area contributed by atoms with Crippen molar-refractivity contribution in [1.29, 1.82) is 0 Å². The fraction of sp³-hybridized carbons (Fsp3) is 0.0800. The van der Waals surface area contributed by atoms with Gasteiger partial charge < -0.3 is 20.1 Å². The number of amides is 1. The van der Waals surface area contributed by atoms with Gasteiger partial charge in [0.25, 0.3) is 5.91 Å². The van der Waals surface area contributed by atoms with Gasteiger partial charge >= 0.3 is 0 Å². The average molecular weight is 424 g/mol. The van der Waals surface area contributed by atoms with Gasteiger partial charge in [0, 0.05) is 28.6 Å². The molecule has 1 amide bonds. The molecule has 1 aromatic heterocycles. The summed E-state index contributed by atoms with van der Waals surface area (Å²) in [5, 5.41) is 14.6. The van der Waals surface area contributed by atoms with Crippen LogP contribution in [-0.4, -0.2) is 29.3 Å². The van der Waals surface area contributed by atoms with E-state index < -0.39 is 0 Å². The van der Waals surface area contributed by atoms with Crippen molar-refractivity contribution in [3.8, 4) is 22.8 Å². The molecule has 0 radical (unpaired) electrons. The molecule has 0 unspecified atom stereocenters. The van der Waals surface area contributed by atoms with E-state index in [9.17, 15) is 4.79 Å². The molecule has 5 rings (SSSR count). The first-order chi connectivity index (χ1) is 15.7. The van der Waals surface area contributed by atoms with Crippen LogP contribution in [0, 0.1) is 0 Å². The third-order valence-electron chi connectivity index (χ3n) is 4.95. The summed E-state index contributed by atoms with van der Waals surface area (Å²) in [4.78, 5) is 12.6. The monoisotopic (exact) mass is 424 g/mol. The summed E-state index contributed by atoms with van der Waals surface area (Å²) in [6.45, 7) is 1.03. The minimum Gasteiger partial charge on any atom is -0.486 e. The molecule has 0 bridgehead atoms. The van der Waals surface area contributed by atoms with Crippen LogP contribution in [0.4, 0.5) is 17.2 Å². The number of ether oxygens (including phenoxy) is 2. The van der Waals surface area contributed by atoms with E-state index in [-0.39, 0.29) is 5.91 Å². The molecule has 0 aliphatic carbocycles. The lowest BCUT2D eigenvalue weighted by atomic mass is 10.1. The highest BCUT2D eigenvalue weighted by Crippen LogP contribution is 2.32. The number of hydrogen-bond donors (Lipinski definition) is 2. The van der Waals surface area contributed by atoms with Crippen LogP contribution in [0.5, 0.6) is 11.5 Å². The Kier molecular flexibility index (Phi) is 5.36. The lowest BCUT2D eigenvalue weighted by Gasteiger charge is -2.19. The van der Waals surface area contributed by atoms with Crippen LogP contribution in [0.2, 0.25) is 0 Å². The zero-order chi connectivity index (χ0) is 21.8. The Balaban J connectivity index is 1.22. The predicted molar refractivity (Wildman–Crippen MR) is 123 cm³/mol. The fourth-order valence-electron chi connectivity index (χ4n) is 3.34. The van der Waals surface area contributed by atoms with Crippen LogP contribution >= 0.6 is 0 Å². The van der Waals surface area contributed by atoms with Gasteiger partial charge in [-0.05, 0) is 48.5 Å². The molecule has 1 aliphatic heterocycles. The molecule has 2 N–H and O–H groups in total. The van der Waals surface area contributed by atoms with Gasteiger partial charge in [-0.3, -0.25) is 4.79 Å². The summed E-state index contributed by atoms with van der Waals surface area (Å²) in [5.74, 6) is 1.73. The number of nitrogens with zero attached hydrogens (tertiary/aromatic N) is 2. The molecule has 7 nitrogen and oxygen atoms in total. The van der Waals surface area contributed by atoms with Gasteiger partial charge in [-0.1, -0.05) is 30.3 Å². The van der Waals surface area contributed by atoms with E-state index in [1.807, 2.05) is 54.6 Å². The standard InChI is InChI=1S/C25H20N4O3/c30-25(27-20-10-12-22-23(16-20)32-15-14-31-22)18-6-8-19(9-7-18)26-24-13-11-21(28-29-24)17-4-2-1-3-5-17/h1-13,16H,14-15H2,(H,26,29)(H,27,30). The van der Waals surface area contributed by atoms with Crippen molar-refractivity contribution in [3.63, 3.8) is 0 Å². The Morgan fingerprint density at radius 2 is 1.50 bits per heavy atom. The highest BCUT2D eigenvalue weighted by molar-refractivity contribution is 6.04. The maximum absolute atomic E-state index is 12.6. The van der Waals surface area contributed by atoms with Crippen molar-refractivity contribution in [2.24, 2.45) is 0 Å². The van der Waals surface area contributed by atoms with Gasteiger partial charge in [0.05, 0.1) is 5.69 Å². The number of benzene rings is 3. The van der Waals surface area contributed by atoms with E-state index in [2.05, 4.69) is 20.8 Å². The zero-order valence-electron chi connectivity index (χ0n) is 17.1. The SMILES string of the molecule is O=C(Nc1ccc2c(c1)OCCO2)c1ccc(Nc2ccc(-c3ccccc3)nn2)cc1. The van der Waals surface area contributed by atoms with E-state index in [0.717, 1.165) is 16.9 Å². The minimum atomic E-state index is -0.208. The summed E-state index contributed by atoms with van der Waals surface area (Å²) >= 11 is 0. The lowest BCUT2D eigenvalue weighted by Crippen LogP contribution is -2.16. The number of rotatable bonds is 5. The van der Waals surface area contributed by atoms with E-state index in [1.54, 1.807) is 30.3 Å². The molecule has 0 atom stereocenters. The summed E-state index contributed by atoms with van der Waals surface area (Å²) in [6.07, 6.45) is 0. The van der Waals surface area contributed by atoms with Crippen molar-refractivity contribution < 1.29 is 14.3 Å². The maximum Gasteiger partial charge on any atom is 0.255 e. The third kappa shape index (κ3) is 4.37. The van der Waals surface area contributed by atoms with Crippen LogP contribution in [0.3, 0.4) is 0 Å². The Morgan fingerprint density at radius 3 is 2.25 bits per heavy atom. The molecule has 0 saturated carbocycles. The quantitative estimate of drug-likeness (QED) is 0.473. The zero-order valence-corrected chi connectivity index (χ0v) is 17.1. The molecule has 32 heavy (non-hydrogen) atoms. The summed E-state index contributed by atoms with van der Waals surface area (Å²) < 4.78 is 11.1. The number of aromatic nitrogens is 2. The van der Waals surface area contributed by atoms with Gasteiger partial charge in [-0.15, -0.1) is 10.2 Å². The van der Waals surface area contributed by atoms with Crippen LogP contribution in [0.1, 0.15) is 10.4 Å². The summed E-state index contributed by atoms with van der Waals surface area (Å²) in [7, 11) is 0. The number of hydrogen-bond acceptors (Lipinski definition) is 6. The molecule has 0 fully saturated rings. The molecule has 158 valence electrons. The molecule has 7 heteroatoms. The minimum absolute atomic E-state index is 0.208. The van der Waals surface area contributed by atoms with Gasteiger partial charge in [0.2, 0.25) is 0 Å². The number of anilines is 3. The molecule has 2 heterocycles. The second kappa shape index (κ2) is 8.77. The lowest BCUT2D eigenvalue weighted by molar-refractivity contribution is 0.102. The molecule has 3 aromatic carbocycles. The van der Waals surface area contributed by atoms with Crippen molar-refractivity contribution in [1.82, 2.24) is 10.2 Å². The van der Waals surface area contributed by atoms with Crippen molar-refractivity contribution in [2.75, 3.05) is 23.8 Å². The fourth-order valence-corrected chi connectivity index (χ4v) is 3.34. The summed E-state index contributed by atoms with van der Waals surface area (Å²) in [5.41, 5.74) is 3.82. The molecule has 4 aromatic rings. The van der Waals surface area contributed by atoms with Crippen LogP contribution < -0.4 is 20.1 Å². The second-order valence-corrected chi connectivity index (χ2v) is 7.18. The van der Waals surface area contributed by atoms with Crippen LogP contribution in [0.15, 0.2) is 84.9 Å². The number of nitrogens with one attached hydrogen (secondary N) is 2. The largest absolute Gasteiger partial charge is 0.486 e. The molecular formula is C25H20N4O3. The molecule has 0 spiro atoms. The van der Waals surface area contributed by atoms with E-state index >= 15 is 0 Å². The highest BCUT2D eigenvalue weighted by Gasteiger charge is 2.13. The van der Waals surface area contributed by atoms with E-state index in [4.69, 9.17) is 9.47 Å². The Morgan fingerprint density at radius 1 is 0.750 bits per heavy atom. The van der Waals surface area contributed by atoms with Crippen molar-refractivity contribution >= 4 is 23.1 Å². The number of fused-ring (bicyclic) bond motifs is 1. The highest BCUT2D eigenvalue weighted by atomic mass is 16.6. The topological polar surface area (TPSA) is 85.4 Å². The predicted octanol–water partition coefficient (Wildman–Crippen LogP) is 4.91. The normalized spacial score (nSPS) is 12.1. The van der Waals surface area contributed by atoms with Crippen LogP contribution in [0.25, 0.3) is 11.3 Å². The first-order valence-corrected chi connectivity index (χ1v) is 10.2. The Bertz CT molecular complexity index is 1230. The number of carbonyl (C=O) groups is 1. The average Bonchev–Trinajstić information content (AvgIpc) is 2.85. The third-order valence-corrected chi connectivity index (χ3v) is 4.95. The number of carbonyl (C=O) groups excluding carboxylic acids is 1. The van der Waals surface area contributed by atoms with Gasteiger partial charge in [0.15, 0.2) is 17.3 Å². The van der Waals surface area contributed by atoms with Crippen molar-refractivity contribution in [2.45, 2.75) is 0 Å². The Hall–Kier alpha value is -4.39. The first-order valence-electron chi connectivity index (χ1n) is 10.2. The van der Waals surface area contributed by atoms with Gasteiger partial charge in [-0.25, -0.2) is 0 Å². The van der Waals surface area contributed by atoms with Gasteiger partial charge in [-0.2, -0.15) is 0 Å². The van der Waals surface area contributed by atoms with E-state index in [1.165, 1.54) is 0 Å². The van der Waals surface area contributed by atoms with E-state index in [0.29, 0.717) is 41.8 Å². The molecule has 0 saturated heterocycles. The first kappa shape index (κ1) is 19.6. The molecule has 1 aliphatic rings. The Labute approximate surface area is 185 Å². The molecular weight excluding hydrogens is 404 g/mol. The van der Waals surface area contributed by atoms with Crippen LogP contribution in [-0.2, 0) is 0 Å². The van der Waals surface area contributed by atoms with Crippen molar-refractivity contribution in [3.05, 3.63) is 90.5 Å². The smallest absolute Gasteiger partial charge is 0.255 e. The van der Waals surface area contributed by atoms with Gasteiger partial charge in [0.1, 0.15) is 13.2 Å². The summed E-state index contributed by atoms with van der Waals surface area (Å²) in [6, 6.07) is 26.2.